The average molecular weight is 353 g/mol. The molecule has 0 aliphatic heterocycles. The van der Waals surface area contributed by atoms with E-state index in [1.165, 1.54) is 11.3 Å². The lowest BCUT2D eigenvalue weighted by atomic mass is 9.95. The molecule has 0 bridgehead atoms. The maximum Gasteiger partial charge on any atom is 0.257 e. The van der Waals surface area contributed by atoms with Crippen LogP contribution in [0, 0.1) is 5.41 Å². The number of para-hydroxylation sites is 1. The van der Waals surface area contributed by atoms with Crippen molar-refractivity contribution in [3.63, 3.8) is 0 Å². The van der Waals surface area contributed by atoms with Gasteiger partial charge in [0.25, 0.3) is 5.91 Å². The molecule has 0 radical (unpaired) electrons. The first kappa shape index (κ1) is 17.1. The third-order valence-corrected chi connectivity index (χ3v) is 4.55. The molecule has 1 aromatic heterocycles. The number of anilines is 2. The lowest BCUT2D eigenvalue weighted by Gasteiger charge is -2.17. The molecule has 0 atom stereocenters. The number of carbonyl (C=O) groups is 2. The maximum atomic E-state index is 12.4. The predicted molar refractivity (Wildman–Crippen MR) is 102 cm³/mol. The second-order valence-electron chi connectivity index (χ2n) is 6.72. The first-order valence-corrected chi connectivity index (χ1v) is 8.73. The molecule has 2 N–H and O–H groups in total. The summed E-state index contributed by atoms with van der Waals surface area (Å²) < 4.78 is 1.03. The number of nitrogens with one attached hydrogen (secondary N) is 2. The molecule has 3 rings (SSSR count). The number of nitrogens with zero attached hydrogens (tertiary/aromatic N) is 1. The van der Waals surface area contributed by atoms with Crippen LogP contribution in [0.5, 0.6) is 0 Å². The van der Waals surface area contributed by atoms with E-state index in [2.05, 4.69) is 15.6 Å². The van der Waals surface area contributed by atoms with Crippen molar-refractivity contribution in [3.05, 3.63) is 54.1 Å². The van der Waals surface area contributed by atoms with Crippen LogP contribution in [0.2, 0.25) is 0 Å². The lowest BCUT2D eigenvalue weighted by molar-refractivity contribution is -0.123. The Morgan fingerprint density at radius 1 is 0.960 bits per heavy atom. The van der Waals surface area contributed by atoms with Gasteiger partial charge in [-0.2, -0.15) is 0 Å². The van der Waals surface area contributed by atoms with E-state index in [-0.39, 0.29) is 11.8 Å². The second kappa shape index (κ2) is 6.64. The van der Waals surface area contributed by atoms with Crippen LogP contribution >= 0.6 is 11.3 Å². The molecule has 2 amide bonds. The van der Waals surface area contributed by atoms with Crippen LogP contribution in [0.3, 0.4) is 0 Å². The van der Waals surface area contributed by atoms with E-state index in [1.54, 1.807) is 24.3 Å². The summed E-state index contributed by atoms with van der Waals surface area (Å²) in [6.45, 7) is 5.55. The Hall–Kier alpha value is -2.73. The number of hydrogen-bond donors (Lipinski definition) is 2. The number of hydrogen-bond acceptors (Lipinski definition) is 4. The van der Waals surface area contributed by atoms with Crippen molar-refractivity contribution in [3.8, 4) is 0 Å². The molecule has 3 aromatic rings. The molecule has 25 heavy (non-hydrogen) atoms. The van der Waals surface area contributed by atoms with Gasteiger partial charge in [0, 0.05) is 16.7 Å². The zero-order chi connectivity index (χ0) is 18.0. The zero-order valence-corrected chi connectivity index (χ0v) is 15.1. The van der Waals surface area contributed by atoms with Crippen LogP contribution in [-0.4, -0.2) is 16.8 Å². The fourth-order valence-electron chi connectivity index (χ4n) is 2.12. The highest BCUT2D eigenvalue weighted by Gasteiger charge is 2.21. The normalized spacial score (nSPS) is 11.3. The Balaban J connectivity index is 1.69. The van der Waals surface area contributed by atoms with Crippen LogP contribution in [0.15, 0.2) is 48.5 Å². The lowest BCUT2D eigenvalue weighted by Crippen LogP contribution is -2.27. The summed E-state index contributed by atoms with van der Waals surface area (Å²) in [6.07, 6.45) is 0. The largest absolute Gasteiger partial charge is 0.326 e. The number of amides is 2. The fourth-order valence-corrected chi connectivity index (χ4v) is 2.98. The summed E-state index contributed by atoms with van der Waals surface area (Å²) in [5.74, 6) is -0.299. The van der Waals surface area contributed by atoms with E-state index in [0.717, 1.165) is 10.2 Å². The summed E-state index contributed by atoms with van der Waals surface area (Å²) in [4.78, 5) is 28.7. The minimum absolute atomic E-state index is 0.0702. The summed E-state index contributed by atoms with van der Waals surface area (Å²) in [7, 11) is 0. The minimum atomic E-state index is -0.469. The van der Waals surface area contributed by atoms with Crippen LogP contribution in [0.25, 0.3) is 10.2 Å². The summed E-state index contributed by atoms with van der Waals surface area (Å²) in [5.41, 5.74) is 1.57. The van der Waals surface area contributed by atoms with Gasteiger partial charge in [0.2, 0.25) is 5.91 Å². The molecular formula is C19H19N3O2S. The van der Waals surface area contributed by atoms with Gasteiger partial charge >= 0.3 is 0 Å². The van der Waals surface area contributed by atoms with Crippen molar-refractivity contribution in [2.75, 3.05) is 10.6 Å². The molecule has 0 aliphatic carbocycles. The van der Waals surface area contributed by atoms with Gasteiger partial charge in [0.15, 0.2) is 5.13 Å². The van der Waals surface area contributed by atoms with Gasteiger partial charge in [-0.05, 0) is 36.4 Å². The van der Waals surface area contributed by atoms with Gasteiger partial charge in [-0.25, -0.2) is 4.98 Å². The minimum Gasteiger partial charge on any atom is -0.326 e. The standard InChI is InChI=1S/C19H19N3O2S/c1-19(2,3)17(24)20-13-10-8-12(9-11-13)16(23)22-18-21-14-6-4-5-7-15(14)25-18/h4-11H,1-3H3,(H,20,24)(H,21,22,23). The second-order valence-corrected chi connectivity index (χ2v) is 7.75. The SMILES string of the molecule is CC(C)(C)C(=O)Nc1ccc(C(=O)Nc2nc3ccccc3s2)cc1. The monoisotopic (exact) mass is 353 g/mol. The molecule has 128 valence electrons. The first-order valence-electron chi connectivity index (χ1n) is 7.91. The highest BCUT2D eigenvalue weighted by Crippen LogP contribution is 2.26. The highest BCUT2D eigenvalue weighted by atomic mass is 32.1. The summed E-state index contributed by atoms with van der Waals surface area (Å²) >= 11 is 1.43. The van der Waals surface area contributed by atoms with Crippen molar-refractivity contribution in [1.82, 2.24) is 4.98 Å². The molecule has 2 aromatic carbocycles. The molecule has 0 fully saturated rings. The van der Waals surface area contributed by atoms with Crippen LogP contribution in [0.4, 0.5) is 10.8 Å². The molecule has 0 saturated heterocycles. The average Bonchev–Trinajstić information content (AvgIpc) is 2.96. The van der Waals surface area contributed by atoms with Crippen LogP contribution in [0.1, 0.15) is 31.1 Å². The first-order chi connectivity index (χ1) is 11.8. The molecule has 1 heterocycles. The van der Waals surface area contributed by atoms with Crippen molar-refractivity contribution >= 4 is 44.2 Å². The number of aromatic nitrogens is 1. The Kier molecular flexibility index (Phi) is 4.55. The third kappa shape index (κ3) is 4.03. The van der Waals surface area contributed by atoms with E-state index < -0.39 is 5.41 Å². The van der Waals surface area contributed by atoms with Crippen LogP contribution < -0.4 is 10.6 Å². The Labute approximate surface area is 150 Å². The van der Waals surface area contributed by atoms with Crippen molar-refractivity contribution in [2.45, 2.75) is 20.8 Å². The van der Waals surface area contributed by atoms with E-state index in [0.29, 0.717) is 16.4 Å². The Morgan fingerprint density at radius 2 is 1.64 bits per heavy atom. The van der Waals surface area contributed by atoms with Crippen molar-refractivity contribution in [1.29, 1.82) is 0 Å². The molecule has 0 spiro atoms. The molecule has 6 heteroatoms. The molecular weight excluding hydrogens is 334 g/mol. The molecule has 5 nitrogen and oxygen atoms in total. The topological polar surface area (TPSA) is 71.1 Å². The van der Waals surface area contributed by atoms with Crippen molar-refractivity contribution < 1.29 is 9.59 Å². The number of benzene rings is 2. The third-order valence-electron chi connectivity index (χ3n) is 3.60. The number of rotatable bonds is 3. The summed E-state index contributed by atoms with van der Waals surface area (Å²) in [6, 6.07) is 14.5. The van der Waals surface area contributed by atoms with Gasteiger partial charge < -0.3 is 5.32 Å². The maximum absolute atomic E-state index is 12.4. The number of thiazole rings is 1. The van der Waals surface area contributed by atoms with Gasteiger partial charge in [0.1, 0.15) is 0 Å². The molecule has 0 aliphatic rings. The Bertz CT molecular complexity index is 891. The van der Waals surface area contributed by atoms with Crippen molar-refractivity contribution in [2.24, 2.45) is 5.41 Å². The highest BCUT2D eigenvalue weighted by molar-refractivity contribution is 7.22. The summed E-state index contributed by atoms with van der Waals surface area (Å²) in [5, 5.41) is 6.21. The Morgan fingerprint density at radius 3 is 2.28 bits per heavy atom. The van der Waals surface area contributed by atoms with Crippen LogP contribution in [-0.2, 0) is 4.79 Å². The zero-order valence-electron chi connectivity index (χ0n) is 14.3. The molecule has 0 unspecified atom stereocenters. The van der Waals surface area contributed by atoms with E-state index >= 15 is 0 Å². The smallest absolute Gasteiger partial charge is 0.257 e. The molecule has 0 saturated carbocycles. The van der Waals surface area contributed by atoms with Gasteiger partial charge in [0.05, 0.1) is 10.2 Å². The van der Waals surface area contributed by atoms with E-state index in [4.69, 9.17) is 0 Å². The fraction of sp³-hybridized carbons (Fsp3) is 0.211. The number of fused-ring (bicyclic) bond motifs is 1. The van der Waals surface area contributed by atoms with E-state index in [1.807, 2.05) is 45.0 Å². The number of carbonyl (C=O) groups excluding carboxylic acids is 2. The quantitative estimate of drug-likeness (QED) is 0.726. The predicted octanol–water partition coefficient (Wildman–Crippen LogP) is 4.53. The van der Waals surface area contributed by atoms with Gasteiger partial charge in [-0.1, -0.05) is 44.2 Å². The van der Waals surface area contributed by atoms with E-state index in [9.17, 15) is 9.59 Å². The van der Waals surface area contributed by atoms with Gasteiger partial charge in [-0.15, -0.1) is 0 Å². The van der Waals surface area contributed by atoms with Gasteiger partial charge in [-0.3, -0.25) is 14.9 Å².